The molecule has 2 fully saturated rings. The average molecular weight is 373 g/mol. The van der Waals surface area contributed by atoms with Crippen molar-refractivity contribution in [1.82, 2.24) is 19.4 Å². The summed E-state index contributed by atoms with van der Waals surface area (Å²) < 4.78 is 2.45. The molecule has 6 heteroatoms. The van der Waals surface area contributed by atoms with Gasteiger partial charge in [0.2, 0.25) is 0 Å². The minimum absolute atomic E-state index is 0.167. The van der Waals surface area contributed by atoms with Crippen molar-refractivity contribution in [3.63, 3.8) is 0 Å². The summed E-state index contributed by atoms with van der Waals surface area (Å²) in [4.78, 5) is 24.7. The summed E-state index contributed by atoms with van der Waals surface area (Å²) in [6.07, 6.45) is 8.09. The number of aryl methyl sites for hydroxylation is 3. The first-order valence-electron chi connectivity index (χ1n) is 9.78. The van der Waals surface area contributed by atoms with Crippen LogP contribution in [0.15, 0.2) is 6.20 Å². The fourth-order valence-corrected chi connectivity index (χ4v) is 5.05. The molecule has 1 saturated carbocycles. The number of aromatic nitrogens is 3. The molecule has 0 N–H and O–H groups in total. The van der Waals surface area contributed by atoms with Crippen LogP contribution in [0.2, 0.25) is 0 Å². The van der Waals surface area contributed by atoms with Gasteiger partial charge < -0.3 is 9.47 Å². The molecular weight excluding hydrogens is 344 g/mol. The highest BCUT2D eigenvalue weighted by Gasteiger charge is 2.29. The largest absolute Gasteiger partial charge is 0.338 e. The summed E-state index contributed by atoms with van der Waals surface area (Å²) >= 11 is 1.52. The topological polar surface area (TPSA) is 51.0 Å². The van der Waals surface area contributed by atoms with Crippen LogP contribution in [0.25, 0.3) is 0 Å². The lowest BCUT2D eigenvalue weighted by atomic mass is 9.84. The summed E-state index contributed by atoms with van der Waals surface area (Å²) in [7, 11) is 0. The van der Waals surface area contributed by atoms with Crippen LogP contribution in [0.1, 0.15) is 69.9 Å². The molecule has 0 bridgehead atoms. The second-order valence-electron chi connectivity index (χ2n) is 7.88. The minimum atomic E-state index is 0.167. The van der Waals surface area contributed by atoms with E-state index >= 15 is 0 Å². The normalized spacial score (nSPS) is 19.0. The van der Waals surface area contributed by atoms with Gasteiger partial charge in [0.15, 0.2) is 0 Å². The van der Waals surface area contributed by atoms with Crippen molar-refractivity contribution in [3.8, 4) is 0 Å². The molecule has 1 aliphatic carbocycles. The number of thiazole rings is 1. The van der Waals surface area contributed by atoms with Gasteiger partial charge in [0.1, 0.15) is 10.7 Å². The van der Waals surface area contributed by atoms with Gasteiger partial charge in [0, 0.05) is 37.4 Å². The number of hydrogen-bond acceptors (Lipinski definition) is 4. The van der Waals surface area contributed by atoms with Crippen molar-refractivity contribution >= 4 is 17.2 Å². The number of nitrogens with zero attached hydrogens (tertiary/aromatic N) is 4. The highest BCUT2D eigenvalue weighted by Crippen LogP contribution is 2.36. The number of rotatable bonds is 4. The number of amides is 1. The van der Waals surface area contributed by atoms with E-state index in [1.54, 1.807) is 0 Å². The third-order valence-electron chi connectivity index (χ3n) is 6.00. The Bertz CT molecular complexity index is 797. The molecule has 0 aromatic carbocycles. The van der Waals surface area contributed by atoms with Crippen molar-refractivity contribution < 1.29 is 4.79 Å². The molecule has 0 unspecified atom stereocenters. The number of imidazole rings is 1. The molecule has 2 aromatic rings. The van der Waals surface area contributed by atoms with Crippen LogP contribution in [-0.2, 0) is 6.54 Å². The van der Waals surface area contributed by atoms with Crippen LogP contribution >= 0.6 is 11.3 Å². The molecule has 1 amide bonds. The third-order valence-corrected chi connectivity index (χ3v) is 7.06. The van der Waals surface area contributed by atoms with E-state index in [1.165, 1.54) is 42.1 Å². The second-order valence-corrected chi connectivity index (χ2v) is 9.08. The lowest BCUT2D eigenvalue weighted by Gasteiger charge is -2.33. The van der Waals surface area contributed by atoms with Crippen LogP contribution in [0.5, 0.6) is 0 Å². The van der Waals surface area contributed by atoms with Crippen molar-refractivity contribution in [2.75, 3.05) is 13.1 Å². The van der Waals surface area contributed by atoms with Crippen LogP contribution in [0.4, 0.5) is 0 Å². The number of carbonyl (C=O) groups is 1. The second kappa shape index (κ2) is 7.14. The Morgan fingerprint density at radius 2 is 1.92 bits per heavy atom. The quantitative estimate of drug-likeness (QED) is 0.812. The van der Waals surface area contributed by atoms with E-state index in [0.717, 1.165) is 48.1 Å². The molecule has 0 radical (unpaired) electrons. The number of carbonyl (C=O) groups excluding carboxylic acids is 1. The van der Waals surface area contributed by atoms with E-state index in [9.17, 15) is 4.79 Å². The molecule has 4 rings (SSSR count). The van der Waals surface area contributed by atoms with Gasteiger partial charge in [-0.05, 0) is 52.4 Å². The summed E-state index contributed by atoms with van der Waals surface area (Å²) in [6, 6.07) is 0. The molecule has 1 aliphatic heterocycles. The SMILES string of the molecule is Cc1nc(C)c(C(=O)N2CCC(Cn3c(C)cnc3C3CCC3)CC2)s1. The van der Waals surface area contributed by atoms with Crippen LogP contribution < -0.4 is 0 Å². The fourth-order valence-electron chi connectivity index (χ4n) is 4.16. The van der Waals surface area contributed by atoms with E-state index in [1.807, 2.05) is 24.9 Å². The van der Waals surface area contributed by atoms with Gasteiger partial charge in [-0.15, -0.1) is 11.3 Å². The summed E-state index contributed by atoms with van der Waals surface area (Å²) in [5.41, 5.74) is 2.15. The molecular formula is C20H28N4OS. The number of likely N-dealkylation sites (tertiary alicyclic amines) is 1. The lowest BCUT2D eigenvalue weighted by molar-refractivity contribution is 0.0685. The standard InChI is InChI=1S/C20H28N4OS/c1-13-11-21-19(17-5-4-6-17)24(13)12-16-7-9-23(10-8-16)20(25)18-14(2)22-15(3)26-18/h11,16-17H,4-10,12H2,1-3H3. The Labute approximate surface area is 159 Å². The molecule has 0 atom stereocenters. The van der Waals surface area contributed by atoms with Gasteiger partial charge in [-0.2, -0.15) is 0 Å². The highest BCUT2D eigenvalue weighted by atomic mass is 32.1. The summed E-state index contributed by atoms with van der Waals surface area (Å²) in [5, 5.41) is 0.972. The summed E-state index contributed by atoms with van der Waals surface area (Å²) in [5.74, 6) is 2.77. The Morgan fingerprint density at radius 1 is 1.19 bits per heavy atom. The fraction of sp³-hybridized carbons (Fsp3) is 0.650. The van der Waals surface area contributed by atoms with Crippen LogP contribution in [-0.4, -0.2) is 38.4 Å². The first-order chi connectivity index (χ1) is 12.5. The average Bonchev–Trinajstić information content (AvgIpc) is 3.09. The van der Waals surface area contributed by atoms with Gasteiger partial charge >= 0.3 is 0 Å². The molecule has 0 spiro atoms. The maximum absolute atomic E-state index is 12.8. The van der Waals surface area contributed by atoms with Crippen LogP contribution in [0.3, 0.4) is 0 Å². The lowest BCUT2D eigenvalue weighted by Crippen LogP contribution is -2.39. The molecule has 1 saturated heterocycles. The van der Waals surface area contributed by atoms with Gasteiger partial charge in [0.05, 0.1) is 10.7 Å². The van der Waals surface area contributed by atoms with E-state index in [2.05, 4.69) is 16.5 Å². The predicted molar refractivity (Wildman–Crippen MR) is 104 cm³/mol. The van der Waals surface area contributed by atoms with Crippen molar-refractivity contribution in [3.05, 3.63) is 33.3 Å². The minimum Gasteiger partial charge on any atom is -0.338 e. The smallest absolute Gasteiger partial charge is 0.265 e. The van der Waals surface area contributed by atoms with Crippen molar-refractivity contribution in [2.45, 2.75) is 65.3 Å². The van der Waals surface area contributed by atoms with E-state index in [4.69, 9.17) is 4.98 Å². The van der Waals surface area contributed by atoms with Crippen molar-refractivity contribution in [2.24, 2.45) is 5.92 Å². The van der Waals surface area contributed by atoms with Gasteiger partial charge in [-0.3, -0.25) is 4.79 Å². The predicted octanol–water partition coefficient (Wildman–Crippen LogP) is 4.08. The zero-order valence-corrected chi connectivity index (χ0v) is 16.8. The van der Waals surface area contributed by atoms with E-state index < -0.39 is 0 Å². The molecule has 2 aromatic heterocycles. The Kier molecular flexibility index (Phi) is 4.86. The highest BCUT2D eigenvalue weighted by molar-refractivity contribution is 7.13. The van der Waals surface area contributed by atoms with E-state index in [-0.39, 0.29) is 5.91 Å². The Hall–Kier alpha value is -1.69. The number of hydrogen-bond donors (Lipinski definition) is 0. The Balaban J connectivity index is 1.38. The van der Waals surface area contributed by atoms with Gasteiger partial charge in [-0.25, -0.2) is 9.97 Å². The summed E-state index contributed by atoms with van der Waals surface area (Å²) in [6.45, 7) is 8.83. The first kappa shape index (κ1) is 17.7. The molecule has 3 heterocycles. The molecule has 5 nitrogen and oxygen atoms in total. The third kappa shape index (κ3) is 3.31. The van der Waals surface area contributed by atoms with Gasteiger partial charge in [-0.1, -0.05) is 6.42 Å². The van der Waals surface area contributed by atoms with Gasteiger partial charge in [0.25, 0.3) is 5.91 Å². The monoisotopic (exact) mass is 372 g/mol. The zero-order chi connectivity index (χ0) is 18.3. The zero-order valence-electron chi connectivity index (χ0n) is 16.0. The van der Waals surface area contributed by atoms with Crippen molar-refractivity contribution in [1.29, 1.82) is 0 Å². The van der Waals surface area contributed by atoms with E-state index in [0.29, 0.717) is 11.8 Å². The molecule has 2 aliphatic rings. The number of piperidine rings is 1. The Morgan fingerprint density at radius 3 is 2.50 bits per heavy atom. The van der Waals surface area contributed by atoms with Crippen LogP contribution in [0, 0.1) is 26.7 Å². The maximum atomic E-state index is 12.8. The maximum Gasteiger partial charge on any atom is 0.265 e. The molecule has 26 heavy (non-hydrogen) atoms. The first-order valence-corrected chi connectivity index (χ1v) is 10.6. The molecule has 140 valence electrons.